The van der Waals surface area contributed by atoms with Gasteiger partial charge in [-0.05, 0) is 80.6 Å². The van der Waals surface area contributed by atoms with Gasteiger partial charge >= 0.3 is 0 Å². The Morgan fingerprint density at radius 1 is 0.914 bits per heavy atom. The van der Waals surface area contributed by atoms with Gasteiger partial charge in [0, 0.05) is 31.1 Å². The minimum atomic E-state index is 0.0973. The Labute approximate surface area is 207 Å². The van der Waals surface area contributed by atoms with E-state index in [1.807, 2.05) is 35.2 Å². The zero-order valence-electron chi connectivity index (χ0n) is 20.6. The summed E-state index contributed by atoms with van der Waals surface area (Å²) in [5.41, 5.74) is 5.52. The summed E-state index contributed by atoms with van der Waals surface area (Å²) in [6, 6.07) is 24.7. The number of nitrogens with zero attached hydrogens (tertiary/aromatic N) is 3. The highest BCUT2D eigenvalue weighted by molar-refractivity contribution is 5.96. The summed E-state index contributed by atoms with van der Waals surface area (Å²) < 4.78 is 8.25. The van der Waals surface area contributed by atoms with Crippen LogP contribution in [0.2, 0.25) is 0 Å². The van der Waals surface area contributed by atoms with Crippen molar-refractivity contribution in [2.75, 3.05) is 18.1 Å². The van der Waals surface area contributed by atoms with Crippen LogP contribution < -0.4 is 9.64 Å². The SMILES string of the molecule is Cc1cccc(OCCCCCn2c([C@@H]3CC(=O)N(c4cccc(C)c4)C3)nc3ccccc32)c1. The second kappa shape index (κ2) is 10.3. The summed E-state index contributed by atoms with van der Waals surface area (Å²) in [6.45, 7) is 6.44. The normalized spacial score (nSPS) is 15.8. The number of ether oxygens (including phenoxy) is 1. The van der Waals surface area contributed by atoms with E-state index in [2.05, 4.69) is 60.9 Å². The van der Waals surface area contributed by atoms with Crippen molar-refractivity contribution in [3.63, 3.8) is 0 Å². The fraction of sp³-hybridized carbons (Fsp3) is 0.333. The summed E-state index contributed by atoms with van der Waals surface area (Å²) >= 11 is 0. The molecule has 4 aromatic rings. The first-order chi connectivity index (χ1) is 17.1. The van der Waals surface area contributed by atoms with Gasteiger partial charge in [0.1, 0.15) is 11.6 Å². The Balaban J connectivity index is 1.25. The number of aryl methyl sites for hydroxylation is 3. The number of amides is 1. The van der Waals surface area contributed by atoms with Gasteiger partial charge in [0.2, 0.25) is 5.91 Å². The monoisotopic (exact) mass is 467 g/mol. The number of anilines is 1. The van der Waals surface area contributed by atoms with Gasteiger partial charge in [-0.3, -0.25) is 4.79 Å². The second-order valence-electron chi connectivity index (χ2n) is 9.58. The number of unbranched alkanes of at least 4 members (excludes halogenated alkanes) is 2. The van der Waals surface area contributed by atoms with Gasteiger partial charge in [-0.25, -0.2) is 4.98 Å². The molecular weight excluding hydrogens is 434 g/mol. The molecule has 1 atom stereocenters. The maximum atomic E-state index is 12.9. The molecule has 180 valence electrons. The van der Waals surface area contributed by atoms with Crippen molar-refractivity contribution in [3.8, 4) is 5.75 Å². The highest BCUT2D eigenvalue weighted by atomic mass is 16.5. The van der Waals surface area contributed by atoms with E-state index in [0.29, 0.717) is 13.0 Å². The van der Waals surface area contributed by atoms with Crippen molar-refractivity contribution < 1.29 is 9.53 Å². The summed E-state index contributed by atoms with van der Waals surface area (Å²) in [5, 5.41) is 0. The van der Waals surface area contributed by atoms with Crippen molar-refractivity contribution in [1.82, 2.24) is 9.55 Å². The van der Waals surface area contributed by atoms with E-state index in [0.717, 1.165) is 66.3 Å². The van der Waals surface area contributed by atoms with Crippen LogP contribution >= 0.6 is 0 Å². The van der Waals surface area contributed by atoms with E-state index in [9.17, 15) is 4.79 Å². The molecule has 35 heavy (non-hydrogen) atoms. The summed E-state index contributed by atoms with van der Waals surface area (Å²) in [7, 11) is 0. The molecule has 0 saturated carbocycles. The molecule has 1 amide bonds. The third kappa shape index (κ3) is 5.24. The van der Waals surface area contributed by atoms with Gasteiger partial charge in [0.05, 0.1) is 17.6 Å². The molecule has 0 bridgehead atoms. The molecule has 1 aliphatic rings. The molecule has 5 nitrogen and oxygen atoms in total. The zero-order chi connectivity index (χ0) is 24.2. The predicted octanol–water partition coefficient (Wildman–Crippen LogP) is 6.42. The van der Waals surface area contributed by atoms with Gasteiger partial charge < -0.3 is 14.2 Å². The number of carbonyl (C=O) groups is 1. The molecule has 1 saturated heterocycles. The molecule has 3 aromatic carbocycles. The summed E-state index contributed by atoms with van der Waals surface area (Å²) in [5.74, 6) is 2.25. The molecule has 0 unspecified atom stereocenters. The molecular formula is C30H33N3O2. The van der Waals surface area contributed by atoms with Crippen molar-refractivity contribution in [2.45, 2.75) is 52.0 Å². The molecule has 1 aromatic heterocycles. The van der Waals surface area contributed by atoms with Gasteiger partial charge in [-0.1, -0.05) is 36.4 Å². The van der Waals surface area contributed by atoms with Crippen LogP contribution in [-0.4, -0.2) is 28.6 Å². The smallest absolute Gasteiger partial charge is 0.227 e. The van der Waals surface area contributed by atoms with Crippen LogP contribution in [0.1, 0.15) is 48.6 Å². The van der Waals surface area contributed by atoms with E-state index in [-0.39, 0.29) is 11.8 Å². The lowest BCUT2D eigenvalue weighted by atomic mass is 10.1. The van der Waals surface area contributed by atoms with Gasteiger partial charge in [-0.15, -0.1) is 0 Å². The quantitative estimate of drug-likeness (QED) is 0.267. The van der Waals surface area contributed by atoms with Gasteiger partial charge in [0.25, 0.3) is 0 Å². The number of aromatic nitrogens is 2. The number of fused-ring (bicyclic) bond motifs is 1. The van der Waals surface area contributed by atoms with Crippen LogP contribution in [0.4, 0.5) is 5.69 Å². The predicted molar refractivity (Wildman–Crippen MR) is 141 cm³/mol. The van der Waals surface area contributed by atoms with E-state index in [1.165, 1.54) is 5.56 Å². The van der Waals surface area contributed by atoms with Crippen LogP contribution in [0.3, 0.4) is 0 Å². The number of imidazole rings is 1. The van der Waals surface area contributed by atoms with Crippen molar-refractivity contribution >= 4 is 22.6 Å². The number of hydrogen-bond acceptors (Lipinski definition) is 3. The van der Waals surface area contributed by atoms with Crippen LogP contribution in [0.5, 0.6) is 5.75 Å². The zero-order valence-corrected chi connectivity index (χ0v) is 20.6. The van der Waals surface area contributed by atoms with Crippen LogP contribution in [0, 0.1) is 13.8 Å². The first-order valence-corrected chi connectivity index (χ1v) is 12.6. The molecule has 0 aliphatic carbocycles. The standard InChI is InChI=1S/C30H33N3O2/c1-22-10-8-12-25(18-22)33-21-24(20-29(33)34)30-31-27-14-4-5-15-28(27)32(30)16-6-3-7-17-35-26-13-9-11-23(2)19-26/h4-5,8-15,18-19,24H,3,6-7,16-17,20-21H2,1-2H3/t24-/m1/s1. The number of carbonyl (C=O) groups excluding carboxylic acids is 1. The van der Waals surface area contributed by atoms with Crippen molar-refractivity contribution in [2.24, 2.45) is 0 Å². The minimum absolute atomic E-state index is 0.0973. The van der Waals surface area contributed by atoms with Crippen LogP contribution in [0.25, 0.3) is 11.0 Å². The molecule has 1 fully saturated rings. The molecule has 0 N–H and O–H groups in total. The van der Waals surface area contributed by atoms with Crippen molar-refractivity contribution in [3.05, 3.63) is 89.7 Å². The first-order valence-electron chi connectivity index (χ1n) is 12.6. The number of para-hydroxylation sites is 2. The maximum absolute atomic E-state index is 12.9. The molecule has 5 heteroatoms. The van der Waals surface area contributed by atoms with E-state index in [1.54, 1.807) is 0 Å². The molecule has 0 spiro atoms. The lowest BCUT2D eigenvalue weighted by Crippen LogP contribution is -2.24. The lowest BCUT2D eigenvalue weighted by molar-refractivity contribution is -0.117. The first kappa shape index (κ1) is 23.2. The van der Waals surface area contributed by atoms with E-state index >= 15 is 0 Å². The maximum Gasteiger partial charge on any atom is 0.227 e. The number of rotatable bonds is 9. The Bertz CT molecular complexity index is 1330. The summed E-state index contributed by atoms with van der Waals surface area (Å²) in [4.78, 5) is 19.9. The largest absolute Gasteiger partial charge is 0.494 e. The Hall–Kier alpha value is -3.60. The molecule has 2 heterocycles. The highest BCUT2D eigenvalue weighted by Gasteiger charge is 2.34. The Morgan fingerprint density at radius 3 is 2.54 bits per heavy atom. The van der Waals surface area contributed by atoms with E-state index in [4.69, 9.17) is 9.72 Å². The topological polar surface area (TPSA) is 47.4 Å². The average molecular weight is 468 g/mol. The van der Waals surface area contributed by atoms with Crippen molar-refractivity contribution in [1.29, 1.82) is 0 Å². The molecule has 1 aliphatic heterocycles. The fourth-order valence-electron chi connectivity index (χ4n) is 5.01. The van der Waals surface area contributed by atoms with Gasteiger partial charge in [-0.2, -0.15) is 0 Å². The van der Waals surface area contributed by atoms with Crippen LogP contribution in [-0.2, 0) is 11.3 Å². The lowest BCUT2D eigenvalue weighted by Gasteiger charge is -2.18. The average Bonchev–Trinajstić information content (AvgIpc) is 3.42. The molecule has 0 radical (unpaired) electrons. The van der Waals surface area contributed by atoms with Gasteiger partial charge in [0.15, 0.2) is 0 Å². The fourth-order valence-corrected chi connectivity index (χ4v) is 5.01. The third-order valence-electron chi connectivity index (χ3n) is 6.77. The highest BCUT2D eigenvalue weighted by Crippen LogP contribution is 2.33. The summed E-state index contributed by atoms with van der Waals surface area (Å²) in [6.07, 6.45) is 3.64. The number of benzene rings is 3. The molecule has 5 rings (SSSR count). The Kier molecular flexibility index (Phi) is 6.84. The second-order valence-corrected chi connectivity index (χ2v) is 9.58. The van der Waals surface area contributed by atoms with E-state index < -0.39 is 0 Å². The number of hydrogen-bond donors (Lipinski definition) is 0. The minimum Gasteiger partial charge on any atom is -0.494 e. The Morgan fingerprint density at radius 2 is 1.71 bits per heavy atom. The van der Waals surface area contributed by atoms with Crippen LogP contribution in [0.15, 0.2) is 72.8 Å². The third-order valence-corrected chi connectivity index (χ3v) is 6.77.